The van der Waals surface area contributed by atoms with E-state index >= 15 is 0 Å². The molecule has 1 aromatic rings. The van der Waals surface area contributed by atoms with Gasteiger partial charge < -0.3 is 14.6 Å². The van der Waals surface area contributed by atoms with E-state index in [1.54, 1.807) is 14.2 Å². The predicted octanol–water partition coefficient (Wildman–Crippen LogP) is 1.72. The molecular formula is C15H23NO4. The van der Waals surface area contributed by atoms with Crippen LogP contribution >= 0.6 is 0 Å². The SMILES string of the molecule is COCCN(CCOC)C(C(=O)O)c1cccc(C)c1. The van der Waals surface area contributed by atoms with Crippen molar-refractivity contribution < 1.29 is 19.4 Å². The molecule has 1 aromatic carbocycles. The molecule has 5 nitrogen and oxygen atoms in total. The van der Waals surface area contributed by atoms with Crippen LogP contribution in [0.3, 0.4) is 0 Å². The van der Waals surface area contributed by atoms with Crippen LogP contribution in [0.4, 0.5) is 0 Å². The van der Waals surface area contributed by atoms with Crippen LogP contribution in [0.25, 0.3) is 0 Å². The number of rotatable bonds is 9. The smallest absolute Gasteiger partial charge is 0.325 e. The number of carboxylic acid groups (broad SMARTS) is 1. The molecule has 0 aromatic heterocycles. The first-order valence-corrected chi connectivity index (χ1v) is 6.61. The number of aliphatic carboxylic acids is 1. The molecule has 0 saturated heterocycles. The largest absolute Gasteiger partial charge is 0.480 e. The molecule has 1 atom stereocenters. The summed E-state index contributed by atoms with van der Waals surface area (Å²) in [5.74, 6) is -0.859. The second-order valence-electron chi connectivity index (χ2n) is 4.68. The molecule has 5 heteroatoms. The number of carboxylic acids is 1. The van der Waals surface area contributed by atoms with Gasteiger partial charge in [-0.25, -0.2) is 0 Å². The Morgan fingerprint density at radius 1 is 1.25 bits per heavy atom. The van der Waals surface area contributed by atoms with Crippen LogP contribution in [-0.4, -0.2) is 56.5 Å². The average Bonchev–Trinajstić information content (AvgIpc) is 2.41. The summed E-state index contributed by atoms with van der Waals surface area (Å²) in [5, 5.41) is 9.56. The van der Waals surface area contributed by atoms with Gasteiger partial charge in [0.1, 0.15) is 6.04 Å². The minimum atomic E-state index is -0.859. The molecule has 0 aliphatic heterocycles. The zero-order chi connectivity index (χ0) is 15.0. The van der Waals surface area contributed by atoms with Crippen LogP contribution in [0.2, 0.25) is 0 Å². The maximum atomic E-state index is 11.7. The number of nitrogens with zero attached hydrogens (tertiary/aromatic N) is 1. The Morgan fingerprint density at radius 2 is 1.85 bits per heavy atom. The summed E-state index contributed by atoms with van der Waals surface area (Å²) in [5.41, 5.74) is 1.83. The Balaban J connectivity index is 2.97. The number of methoxy groups -OCH3 is 2. The summed E-state index contributed by atoms with van der Waals surface area (Å²) < 4.78 is 10.1. The number of hydrogen-bond donors (Lipinski definition) is 1. The lowest BCUT2D eigenvalue weighted by Crippen LogP contribution is -2.38. The van der Waals surface area contributed by atoms with E-state index < -0.39 is 12.0 Å². The molecule has 20 heavy (non-hydrogen) atoms. The van der Waals surface area contributed by atoms with Crippen LogP contribution in [0.15, 0.2) is 24.3 Å². The van der Waals surface area contributed by atoms with Crippen LogP contribution < -0.4 is 0 Å². The van der Waals surface area contributed by atoms with Crippen molar-refractivity contribution in [2.45, 2.75) is 13.0 Å². The van der Waals surface area contributed by atoms with Gasteiger partial charge in [0.05, 0.1) is 13.2 Å². The molecule has 1 rings (SSSR count). The summed E-state index contributed by atoms with van der Waals surface area (Å²) in [6.45, 7) is 4.02. The van der Waals surface area contributed by atoms with Gasteiger partial charge in [-0.05, 0) is 12.5 Å². The third-order valence-corrected chi connectivity index (χ3v) is 3.12. The summed E-state index contributed by atoms with van der Waals surface area (Å²) in [4.78, 5) is 13.5. The zero-order valence-electron chi connectivity index (χ0n) is 12.3. The third kappa shape index (κ3) is 4.92. The van der Waals surface area contributed by atoms with Crippen LogP contribution in [0, 0.1) is 6.92 Å². The highest BCUT2D eigenvalue weighted by atomic mass is 16.5. The molecule has 0 fully saturated rings. The maximum Gasteiger partial charge on any atom is 0.325 e. The van der Waals surface area contributed by atoms with E-state index in [9.17, 15) is 9.90 Å². The van der Waals surface area contributed by atoms with Gasteiger partial charge in [0.15, 0.2) is 0 Å². The van der Waals surface area contributed by atoms with E-state index in [-0.39, 0.29) is 0 Å². The molecule has 112 valence electrons. The van der Waals surface area contributed by atoms with E-state index in [1.165, 1.54) is 0 Å². The van der Waals surface area contributed by atoms with Crippen molar-refractivity contribution in [3.8, 4) is 0 Å². The maximum absolute atomic E-state index is 11.7. The first-order valence-electron chi connectivity index (χ1n) is 6.61. The van der Waals surface area contributed by atoms with Crippen molar-refractivity contribution >= 4 is 5.97 Å². The van der Waals surface area contributed by atoms with E-state index in [0.29, 0.717) is 26.3 Å². The molecule has 1 unspecified atom stereocenters. The van der Waals surface area contributed by atoms with E-state index in [2.05, 4.69) is 0 Å². The normalized spacial score (nSPS) is 12.6. The van der Waals surface area contributed by atoms with Crippen molar-refractivity contribution in [1.29, 1.82) is 0 Å². The standard InChI is InChI=1S/C15H23NO4/c1-12-5-4-6-13(11-12)14(15(17)18)16(7-9-19-2)8-10-20-3/h4-6,11,14H,7-10H2,1-3H3,(H,17,18). The predicted molar refractivity (Wildman–Crippen MR) is 76.9 cm³/mol. The van der Waals surface area contributed by atoms with Crippen molar-refractivity contribution in [1.82, 2.24) is 4.90 Å². The fourth-order valence-electron chi connectivity index (χ4n) is 2.14. The Morgan fingerprint density at radius 3 is 2.30 bits per heavy atom. The highest BCUT2D eigenvalue weighted by molar-refractivity contribution is 5.75. The van der Waals surface area contributed by atoms with Gasteiger partial charge in [-0.15, -0.1) is 0 Å². The van der Waals surface area contributed by atoms with E-state index in [4.69, 9.17) is 9.47 Å². The van der Waals surface area contributed by atoms with Crippen molar-refractivity contribution in [3.63, 3.8) is 0 Å². The van der Waals surface area contributed by atoms with Crippen molar-refractivity contribution in [3.05, 3.63) is 35.4 Å². The molecule has 0 heterocycles. The van der Waals surface area contributed by atoms with Crippen LogP contribution in [-0.2, 0) is 14.3 Å². The number of carbonyl (C=O) groups is 1. The molecular weight excluding hydrogens is 258 g/mol. The Labute approximate surface area is 120 Å². The van der Waals surface area contributed by atoms with E-state index in [1.807, 2.05) is 36.1 Å². The lowest BCUT2D eigenvalue weighted by atomic mass is 10.0. The summed E-state index contributed by atoms with van der Waals surface area (Å²) in [7, 11) is 3.22. The highest BCUT2D eigenvalue weighted by Crippen LogP contribution is 2.21. The van der Waals surface area contributed by atoms with Crippen LogP contribution in [0.1, 0.15) is 17.2 Å². The topological polar surface area (TPSA) is 59.0 Å². The molecule has 1 N–H and O–H groups in total. The second kappa shape index (κ2) is 8.68. The molecule has 0 radical (unpaired) electrons. The van der Waals surface area contributed by atoms with Gasteiger partial charge >= 0.3 is 5.97 Å². The number of ether oxygens (including phenoxy) is 2. The van der Waals surface area contributed by atoms with Gasteiger partial charge in [-0.2, -0.15) is 0 Å². The van der Waals surface area contributed by atoms with Gasteiger partial charge in [0.25, 0.3) is 0 Å². The third-order valence-electron chi connectivity index (χ3n) is 3.12. The minimum absolute atomic E-state index is 0.485. The number of aryl methyl sites for hydroxylation is 1. The van der Waals surface area contributed by atoms with E-state index in [0.717, 1.165) is 11.1 Å². The number of benzene rings is 1. The summed E-state index contributed by atoms with van der Waals surface area (Å²) in [6, 6.07) is 6.91. The van der Waals surface area contributed by atoms with Crippen LogP contribution in [0.5, 0.6) is 0 Å². The zero-order valence-corrected chi connectivity index (χ0v) is 12.3. The lowest BCUT2D eigenvalue weighted by molar-refractivity contribution is -0.144. The van der Waals surface area contributed by atoms with Gasteiger partial charge in [-0.3, -0.25) is 9.69 Å². The summed E-state index contributed by atoms with van der Waals surface area (Å²) in [6.07, 6.45) is 0. The Hall–Kier alpha value is -1.43. The number of hydrogen-bond acceptors (Lipinski definition) is 4. The highest BCUT2D eigenvalue weighted by Gasteiger charge is 2.27. The molecule has 0 bridgehead atoms. The van der Waals surface area contributed by atoms with Crippen molar-refractivity contribution in [2.75, 3.05) is 40.5 Å². The molecule has 0 aliphatic rings. The Kier molecular flexibility index (Phi) is 7.22. The summed E-state index contributed by atoms with van der Waals surface area (Å²) >= 11 is 0. The average molecular weight is 281 g/mol. The van der Waals surface area contributed by atoms with Gasteiger partial charge in [-0.1, -0.05) is 29.8 Å². The molecule has 0 aliphatic carbocycles. The quantitative estimate of drug-likeness (QED) is 0.747. The second-order valence-corrected chi connectivity index (χ2v) is 4.68. The Bertz CT molecular complexity index is 414. The molecule has 0 amide bonds. The molecule has 0 spiro atoms. The fraction of sp³-hybridized carbons (Fsp3) is 0.533. The molecule has 0 saturated carbocycles. The van der Waals surface area contributed by atoms with Gasteiger partial charge in [0.2, 0.25) is 0 Å². The first kappa shape index (κ1) is 16.6. The van der Waals surface area contributed by atoms with Gasteiger partial charge in [0, 0.05) is 27.3 Å². The van der Waals surface area contributed by atoms with Crippen molar-refractivity contribution in [2.24, 2.45) is 0 Å². The lowest BCUT2D eigenvalue weighted by Gasteiger charge is -2.28. The first-order chi connectivity index (χ1) is 9.60. The monoisotopic (exact) mass is 281 g/mol. The minimum Gasteiger partial charge on any atom is -0.480 e. The fourth-order valence-corrected chi connectivity index (χ4v) is 2.14.